The van der Waals surface area contributed by atoms with Gasteiger partial charge in [-0.2, -0.15) is 0 Å². The predicted molar refractivity (Wildman–Crippen MR) is 183 cm³/mol. The molecule has 0 aliphatic heterocycles. The average molecular weight is 553 g/mol. The molecule has 0 amide bonds. The van der Waals surface area contributed by atoms with E-state index in [0.717, 1.165) is 0 Å². The van der Waals surface area contributed by atoms with Crippen molar-refractivity contribution >= 4 is 53.1 Å². The van der Waals surface area contributed by atoms with Crippen LogP contribution in [0.5, 0.6) is 0 Å². The van der Waals surface area contributed by atoms with Crippen LogP contribution in [0.15, 0.2) is 133 Å². The summed E-state index contributed by atoms with van der Waals surface area (Å²) in [4.78, 5) is 0. The standard InChI is InChI=1S/C41H28S/c1-41(2)36-17-8-7-12-31(36)32-23-22-27(24-37(32)41)25-18-20-26(21-19-25)28-15-9-16-35-38-33-13-5-3-10-29(33)30-11-4-6-14-34(30)40(38)42-39(28)35/h3-24H,1-2H3. The SMILES string of the molecule is CC1(C)c2ccccc2-c2ccc(-c3ccc(-c4cccc5c4sc4c6ccccc6c6ccccc6c54)cc3)cc21. The fourth-order valence-electron chi connectivity index (χ4n) is 7.38. The topological polar surface area (TPSA) is 0 Å². The van der Waals surface area contributed by atoms with Gasteiger partial charge in [-0.15, -0.1) is 11.3 Å². The first-order valence-corrected chi connectivity index (χ1v) is 15.5. The van der Waals surface area contributed by atoms with Gasteiger partial charge in [-0.3, -0.25) is 0 Å². The van der Waals surface area contributed by atoms with Crippen LogP contribution in [0.1, 0.15) is 25.0 Å². The lowest BCUT2D eigenvalue weighted by Crippen LogP contribution is -2.14. The average Bonchev–Trinajstić information content (AvgIpc) is 3.55. The maximum Gasteiger partial charge on any atom is 0.0440 e. The molecule has 42 heavy (non-hydrogen) atoms. The first-order chi connectivity index (χ1) is 20.6. The second-order valence-electron chi connectivity index (χ2n) is 12.1. The van der Waals surface area contributed by atoms with E-state index in [1.54, 1.807) is 0 Å². The Morgan fingerprint density at radius 1 is 0.405 bits per heavy atom. The highest BCUT2D eigenvalue weighted by atomic mass is 32.1. The summed E-state index contributed by atoms with van der Waals surface area (Å²) in [6, 6.07) is 49.6. The number of hydrogen-bond donors (Lipinski definition) is 0. The van der Waals surface area contributed by atoms with Crippen molar-refractivity contribution in [1.82, 2.24) is 0 Å². The van der Waals surface area contributed by atoms with Gasteiger partial charge in [0.25, 0.3) is 0 Å². The Morgan fingerprint density at radius 2 is 0.976 bits per heavy atom. The quantitative estimate of drug-likeness (QED) is 0.187. The van der Waals surface area contributed by atoms with E-state index in [2.05, 4.69) is 147 Å². The summed E-state index contributed by atoms with van der Waals surface area (Å²) in [7, 11) is 0. The smallest absolute Gasteiger partial charge is 0.0440 e. The van der Waals surface area contributed by atoms with Crippen molar-refractivity contribution in [2.75, 3.05) is 0 Å². The molecule has 1 heterocycles. The Hall–Kier alpha value is -4.72. The summed E-state index contributed by atoms with van der Waals surface area (Å²) in [6.07, 6.45) is 0. The van der Waals surface area contributed by atoms with Crippen LogP contribution in [0.2, 0.25) is 0 Å². The molecule has 8 aromatic rings. The highest BCUT2D eigenvalue weighted by Gasteiger charge is 2.35. The lowest BCUT2D eigenvalue weighted by Gasteiger charge is -2.22. The van der Waals surface area contributed by atoms with E-state index in [1.165, 1.54) is 86.2 Å². The lowest BCUT2D eigenvalue weighted by molar-refractivity contribution is 0.660. The molecule has 0 unspecified atom stereocenters. The third-order valence-corrected chi connectivity index (χ3v) is 10.8. The third kappa shape index (κ3) is 3.23. The molecule has 0 bridgehead atoms. The van der Waals surface area contributed by atoms with E-state index in [9.17, 15) is 0 Å². The molecule has 1 aromatic heterocycles. The van der Waals surface area contributed by atoms with Gasteiger partial charge in [-0.05, 0) is 66.7 Å². The monoisotopic (exact) mass is 552 g/mol. The number of fused-ring (bicyclic) bond motifs is 11. The van der Waals surface area contributed by atoms with E-state index in [1.807, 2.05) is 11.3 Å². The van der Waals surface area contributed by atoms with Gasteiger partial charge >= 0.3 is 0 Å². The van der Waals surface area contributed by atoms with E-state index in [4.69, 9.17) is 0 Å². The van der Waals surface area contributed by atoms with E-state index in [0.29, 0.717) is 0 Å². The largest absolute Gasteiger partial charge is 0.134 e. The van der Waals surface area contributed by atoms with E-state index < -0.39 is 0 Å². The van der Waals surface area contributed by atoms with Crippen LogP contribution < -0.4 is 0 Å². The molecular formula is C41H28S. The highest BCUT2D eigenvalue weighted by molar-refractivity contribution is 7.27. The van der Waals surface area contributed by atoms with Crippen molar-refractivity contribution in [2.45, 2.75) is 19.3 Å². The van der Waals surface area contributed by atoms with Crippen LogP contribution in [0.3, 0.4) is 0 Å². The summed E-state index contributed by atoms with van der Waals surface area (Å²) >= 11 is 1.94. The zero-order chi connectivity index (χ0) is 28.0. The zero-order valence-electron chi connectivity index (χ0n) is 23.6. The van der Waals surface area contributed by atoms with Crippen LogP contribution in [-0.2, 0) is 5.41 Å². The van der Waals surface area contributed by atoms with Gasteiger partial charge in [0.2, 0.25) is 0 Å². The van der Waals surface area contributed by atoms with Gasteiger partial charge in [0.15, 0.2) is 0 Å². The normalized spacial score (nSPS) is 13.7. The Bertz CT molecular complexity index is 2370. The lowest BCUT2D eigenvalue weighted by atomic mass is 9.81. The summed E-state index contributed by atoms with van der Waals surface area (Å²) < 4.78 is 2.74. The van der Waals surface area contributed by atoms with Crippen LogP contribution >= 0.6 is 11.3 Å². The summed E-state index contributed by atoms with van der Waals surface area (Å²) in [6.45, 7) is 4.70. The number of benzene rings is 7. The van der Waals surface area contributed by atoms with Gasteiger partial charge in [-0.1, -0.05) is 141 Å². The summed E-state index contributed by atoms with van der Waals surface area (Å²) in [5, 5.41) is 8.07. The molecule has 0 N–H and O–H groups in total. The first kappa shape index (κ1) is 23.9. The molecule has 1 aliphatic carbocycles. The molecule has 9 rings (SSSR count). The summed E-state index contributed by atoms with van der Waals surface area (Å²) in [5.41, 5.74) is 10.7. The highest BCUT2D eigenvalue weighted by Crippen LogP contribution is 2.50. The van der Waals surface area contributed by atoms with E-state index >= 15 is 0 Å². The van der Waals surface area contributed by atoms with Crippen LogP contribution in [0.4, 0.5) is 0 Å². The minimum atomic E-state index is 0.00699. The number of rotatable bonds is 2. The third-order valence-electron chi connectivity index (χ3n) is 9.49. The Labute approximate surface area is 249 Å². The Balaban J connectivity index is 1.18. The Morgan fingerprint density at radius 3 is 1.79 bits per heavy atom. The van der Waals surface area contributed by atoms with Gasteiger partial charge in [0.05, 0.1) is 0 Å². The van der Waals surface area contributed by atoms with Gasteiger partial charge < -0.3 is 0 Å². The van der Waals surface area contributed by atoms with Crippen molar-refractivity contribution in [1.29, 1.82) is 0 Å². The molecule has 0 atom stereocenters. The van der Waals surface area contributed by atoms with Crippen LogP contribution in [0, 0.1) is 0 Å². The van der Waals surface area contributed by atoms with Crippen molar-refractivity contribution in [3.05, 3.63) is 145 Å². The predicted octanol–water partition coefficient (Wildman–Crippen LogP) is 12.0. The maximum atomic E-state index is 2.41. The second-order valence-corrected chi connectivity index (χ2v) is 13.1. The molecule has 0 spiro atoms. The molecule has 0 radical (unpaired) electrons. The van der Waals surface area contributed by atoms with Crippen molar-refractivity contribution in [2.24, 2.45) is 0 Å². The zero-order valence-corrected chi connectivity index (χ0v) is 24.4. The van der Waals surface area contributed by atoms with Gasteiger partial charge in [0.1, 0.15) is 0 Å². The molecule has 0 saturated carbocycles. The van der Waals surface area contributed by atoms with Gasteiger partial charge in [0, 0.05) is 31.0 Å². The molecule has 1 heteroatoms. The molecule has 7 aromatic carbocycles. The van der Waals surface area contributed by atoms with Crippen molar-refractivity contribution in [3.63, 3.8) is 0 Å². The van der Waals surface area contributed by atoms with Crippen LogP contribution in [0.25, 0.3) is 75.1 Å². The first-order valence-electron chi connectivity index (χ1n) is 14.7. The molecule has 0 saturated heterocycles. The molecule has 1 aliphatic rings. The summed E-state index contributed by atoms with van der Waals surface area (Å²) in [5.74, 6) is 0. The second kappa shape index (κ2) is 8.64. The minimum absolute atomic E-state index is 0.00699. The van der Waals surface area contributed by atoms with Crippen molar-refractivity contribution in [3.8, 4) is 33.4 Å². The van der Waals surface area contributed by atoms with E-state index in [-0.39, 0.29) is 5.41 Å². The van der Waals surface area contributed by atoms with Crippen molar-refractivity contribution < 1.29 is 0 Å². The molecule has 0 nitrogen and oxygen atoms in total. The van der Waals surface area contributed by atoms with Crippen LogP contribution in [-0.4, -0.2) is 0 Å². The molecule has 0 fully saturated rings. The Kier molecular flexibility index (Phi) is 4.93. The fraction of sp³-hybridized carbons (Fsp3) is 0.0732. The number of hydrogen-bond acceptors (Lipinski definition) is 1. The molecule has 198 valence electrons. The molecular weight excluding hydrogens is 525 g/mol. The minimum Gasteiger partial charge on any atom is -0.134 e. The maximum absolute atomic E-state index is 2.41. The number of thiophene rings is 1. The fourth-order valence-corrected chi connectivity index (χ4v) is 8.77. The van der Waals surface area contributed by atoms with Gasteiger partial charge in [-0.25, -0.2) is 0 Å².